The van der Waals surface area contributed by atoms with Gasteiger partial charge in [0.05, 0.1) is 13.3 Å². The number of hydrogen-bond donors (Lipinski definition) is 0. The van der Waals surface area contributed by atoms with Gasteiger partial charge in [-0.05, 0) is 41.5 Å². The van der Waals surface area contributed by atoms with Gasteiger partial charge in [-0.3, -0.25) is 18.4 Å². The molecule has 0 saturated carbocycles. The fraction of sp³-hybridized carbons (Fsp3) is 0.591. The van der Waals surface area contributed by atoms with Crippen LogP contribution in [0.2, 0.25) is 0 Å². The predicted molar refractivity (Wildman–Crippen MR) is 125 cm³/mol. The highest BCUT2D eigenvalue weighted by atomic mass is 31.2. The van der Waals surface area contributed by atoms with Crippen LogP contribution in [0.5, 0.6) is 0 Å². The minimum Gasteiger partial charge on any atom is -0.464 e. The largest absolute Gasteiger partial charge is 0.464 e. The van der Waals surface area contributed by atoms with E-state index in [9.17, 15) is 23.7 Å². The number of nitrogens with zero attached hydrogens (tertiary/aromatic N) is 2. The molecule has 0 aliphatic rings. The zero-order valence-corrected chi connectivity index (χ0v) is 22.0. The van der Waals surface area contributed by atoms with Gasteiger partial charge in [0.15, 0.2) is 13.2 Å². The van der Waals surface area contributed by atoms with E-state index in [4.69, 9.17) is 18.5 Å². The molecule has 0 unspecified atom stereocenters. The molecule has 196 valence electrons. The number of carbonyl (C=O) groups is 3. The second kappa shape index (κ2) is 12.8. The van der Waals surface area contributed by atoms with Gasteiger partial charge in [0.1, 0.15) is 11.2 Å². The quantitative estimate of drug-likeness (QED) is 0.185. The number of esters is 3. The van der Waals surface area contributed by atoms with Gasteiger partial charge in [-0.25, -0.2) is 19.4 Å². The number of carbonyl (C=O) groups excluding carboxylic acids is 3. The van der Waals surface area contributed by atoms with E-state index in [1.54, 1.807) is 41.5 Å². The molecule has 1 rings (SSSR count). The van der Waals surface area contributed by atoms with Gasteiger partial charge in [-0.15, -0.1) is 0 Å². The van der Waals surface area contributed by atoms with Crippen LogP contribution in [0, 0.1) is 0 Å². The summed E-state index contributed by atoms with van der Waals surface area (Å²) in [4.78, 5) is 51.6. The number of ether oxygens (including phenoxy) is 3. The minimum atomic E-state index is -3.98. The van der Waals surface area contributed by atoms with Crippen molar-refractivity contribution in [1.29, 1.82) is 0 Å². The summed E-state index contributed by atoms with van der Waals surface area (Å²) >= 11 is 0. The van der Waals surface area contributed by atoms with Gasteiger partial charge >= 0.3 is 25.5 Å². The standard InChI is InChI=1S/C22H33N2O10P/c1-21(2,3)33-16(25)14-31-35(29,32-15-17(26)34-22(4,5)6)13-9-8-11-24-12-10-23-18(19(24)27)20(28)30-7/h8-10,12H,11,13-15H2,1-7H3/b9-8+. The van der Waals surface area contributed by atoms with Crippen molar-refractivity contribution in [3.05, 3.63) is 40.6 Å². The molecule has 0 N–H and O–H groups in total. The highest BCUT2D eigenvalue weighted by Crippen LogP contribution is 2.48. The van der Waals surface area contributed by atoms with Crippen LogP contribution >= 0.6 is 7.60 Å². The third-order valence-electron chi connectivity index (χ3n) is 3.69. The molecule has 0 fully saturated rings. The molecule has 1 aromatic heterocycles. The first-order chi connectivity index (χ1) is 16.1. The molecule has 0 amide bonds. The van der Waals surface area contributed by atoms with Crippen molar-refractivity contribution in [2.75, 3.05) is 26.5 Å². The lowest BCUT2D eigenvalue weighted by atomic mass is 10.2. The van der Waals surface area contributed by atoms with Crippen molar-refractivity contribution in [1.82, 2.24) is 9.55 Å². The first-order valence-corrected chi connectivity index (χ1v) is 12.4. The highest BCUT2D eigenvalue weighted by molar-refractivity contribution is 7.54. The lowest BCUT2D eigenvalue weighted by Gasteiger charge is -2.22. The molecular weight excluding hydrogens is 483 g/mol. The summed E-state index contributed by atoms with van der Waals surface area (Å²) in [7, 11) is -2.85. The number of allylic oxidation sites excluding steroid dienone is 2. The van der Waals surface area contributed by atoms with Crippen molar-refractivity contribution in [3.63, 3.8) is 0 Å². The molecule has 0 saturated heterocycles. The van der Waals surface area contributed by atoms with Crippen LogP contribution in [0.3, 0.4) is 0 Å². The predicted octanol–water partition coefficient (Wildman–Crippen LogP) is 2.50. The summed E-state index contributed by atoms with van der Waals surface area (Å²) in [5.74, 6) is -2.40. The molecule has 1 aromatic rings. The fourth-order valence-corrected chi connectivity index (χ4v) is 3.70. The smallest absolute Gasteiger partial charge is 0.362 e. The van der Waals surface area contributed by atoms with E-state index in [2.05, 4.69) is 9.72 Å². The minimum absolute atomic E-state index is 0.00345. The zero-order chi connectivity index (χ0) is 26.9. The Morgan fingerprint density at radius 3 is 1.94 bits per heavy atom. The molecule has 13 heteroatoms. The molecule has 0 aliphatic carbocycles. The Morgan fingerprint density at radius 2 is 1.49 bits per heavy atom. The van der Waals surface area contributed by atoms with Gasteiger partial charge in [0, 0.05) is 18.9 Å². The Hall–Kier alpha value is -2.82. The average Bonchev–Trinajstić information content (AvgIpc) is 2.72. The van der Waals surface area contributed by atoms with Crippen LogP contribution in [0.15, 0.2) is 29.3 Å². The maximum atomic E-state index is 13.2. The second-order valence-electron chi connectivity index (χ2n) is 9.21. The van der Waals surface area contributed by atoms with E-state index in [-0.39, 0.29) is 18.4 Å². The maximum absolute atomic E-state index is 13.2. The van der Waals surface area contributed by atoms with Crippen molar-refractivity contribution in [3.8, 4) is 0 Å². The first-order valence-electron chi connectivity index (χ1n) is 10.7. The maximum Gasteiger partial charge on any atom is 0.362 e. The van der Waals surface area contributed by atoms with Crippen LogP contribution < -0.4 is 5.56 Å². The SMILES string of the molecule is COC(=O)c1nccn(C/C=C/CP(=O)(OCC(=O)OC(C)(C)C)OCC(=O)OC(C)(C)C)c1=O. The Labute approximate surface area is 204 Å². The van der Waals surface area contributed by atoms with E-state index < -0.39 is 55.5 Å². The number of rotatable bonds is 11. The molecule has 0 radical (unpaired) electrons. The molecule has 0 atom stereocenters. The topological polar surface area (TPSA) is 149 Å². The summed E-state index contributed by atoms with van der Waals surface area (Å²) in [6.45, 7) is 8.67. The number of hydrogen-bond acceptors (Lipinski definition) is 11. The van der Waals surface area contributed by atoms with Gasteiger partial charge in [0.2, 0.25) is 5.69 Å². The monoisotopic (exact) mass is 516 g/mol. The zero-order valence-electron chi connectivity index (χ0n) is 21.1. The van der Waals surface area contributed by atoms with Gasteiger partial charge in [-0.2, -0.15) is 0 Å². The van der Waals surface area contributed by atoms with Crippen molar-refractivity contribution >= 4 is 25.5 Å². The van der Waals surface area contributed by atoms with Crippen LogP contribution in [-0.4, -0.2) is 65.1 Å². The highest BCUT2D eigenvalue weighted by Gasteiger charge is 2.28. The van der Waals surface area contributed by atoms with Crippen molar-refractivity contribution in [2.45, 2.75) is 59.3 Å². The second-order valence-corrected chi connectivity index (χ2v) is 11.3. The Morgan fingerprint density at radius 1 is 0.971 bits per heavy atom. The number of methoxy groups -OCH3 is 1. The third-order valence-corrected chi connectivity index (χ3v) is 5.39. The normalized spacial score (nSPS) is 12.4. The van der Waals surface area contributed by atoms with Crippen LogP contribution in [0.4, 0.5) is 0 Å². The molecular formula is C22H33N2O10P. The van der Waals surface area contributed by atoms with Gasteiger partial charge < -0.3 is 18.8 Å². The Kier molecular flexibility index (Phi) is 11.0. The van der Waals surface area contributed by atoms with E-state index >= 15 is 0 Å². The number of aromatic nitrogens is 2. The Bertz CT molecular complexity index is 998. The average molecular weight is 516 g/mol. The molecule has 0 bridgehead atoms. The molecule has 0 aromatic carbocycles. The lowest BCUT2D eigenvalue weighted by molar-refractivity contribution is -0.158. The van der Waals surface area contributed by atoms with E-state index in [0.29, 0.717) is 0 Å². The summed E-state index contributed by atoms with van der Waals surface area (Å²) < 4.78 is 39.6. The third kappa shape index (κ3) is 11.9. The van der Waals surface area contributed by atoms with Crippen molar-refractivity contribution in [2.24, 2.45) is 0 Å². The molecule has 0 spiro atoms. The molecule has 12 nitrogen and oxygen atoms in total. The summed E-state index contributed by atoms with van der Waals surface area (Å²) in [5, 5.41) is 0. The van der Waals surface area contributed by atoms with Crippen molar-refractivity contribution < 1.29 is 42.2 Å². The summed E-state index contributed by atoms with van der Waals surface area (Å²) in [6.07, 6.45) is 5.18. The summed E-state index contributed by atoms with van der Waals surface area (Å²) in [6, 6.07) is 0. The molecule has 0 aliphatic heterocycles. The summed E-state index contributed by atoms with van der Waals surface area (Å²) in [5.41, 5.74) is -2.60. The Balaban J connectivity index is 2.91. The van der Waals surface area contributed by atoms with E-state index in [0.717, 1.165) is 7.11 Å². The lowest BCUT2D eigenvalue weighted by Crippen LogP contribution is -2.28. The van der Waals surface area contributed by atoms with Gasteiger partial charge in [-0.1, -0.05) is 12.2 Å². The van der Waals surface area contributed by atoms with E-state index in [1.165, 1.54) is 29.1 Å². The molecule has 1 heterocycles. The van der Waals surface area contributed by atoms with Gasteiger partial charge in [0.25, 0.3) is 5.56 Å². The first kappa shape index (κ1) is 30.2. The molecule has 35 heavy (non-hydrogen) atoms. The van der Waals surface area contributed by atoms with E-state index in [1.807, 2.05) is 0 Å². The van der Waals surface area contributed by atoms with Crippen LogP contribution in [-0.2, 0) is 44.0 Å². The fourth-order valence-electron chi connectivity index (χ4n) is 2.41. The van der Waals surface area contributed by atoms with Crippen LogP contribution in [0.25, 0.3) is 0 Å². The van der Waals surface area contributed by atoms with Crippen LogP contribution in [0.1, 0.15) is 52.0 Å².